The molecule has 0 aliphatic heterocycles. The topological polar surface area (TPSA) is 52.9 Å². The first-order valence-electron chi connectivity index (χ1n) is 8.23. The first-order valence-corrected chi connectivity index (χ1v) is 10.0. The van der Waals surface area contributed by atoms with E-state index in [1.54, 1.807) is 6.92 Å². The Labute approximate surface area is 144 Å². The van der Waals surface area contributed by atoms with Crippen molar-refractivity contribution >= 4 is 23.5 Å². The second-order valence-corrected chi connectivity index (χ2v) is 8.50. The van der Waals surface area contributed by atoms with Crippen molar-refractivity contribution in [3.05, 3.63) is 60.7 Å². The van der Waals surface area contributed by atoms with E-state index in [0.717, 1.165) is 23.7 Å². The fourth-order valence-electron chi connectivity index (χ4n) is 3.11. The van der Waals surface area contributed by atoms with Gasteiger partial charge in [-0.25, -0.2) is 0 Å². The van der Waals surface area contributed by atoms with Gasteiger partial charge in [-0.3, -0.25) is 4.90 Å². The van der Waals surface area contributed by atoms with Gasteiger partial charge >= 0.3 is 0 Å². The molecule has 0 aliphatic carbocycles. The van der Waals surface area contributed by atoms with Crippen LogP contribution < -0.4 is 10.6 Å². The van der Waals surface area contributed by atoms with E-state index in [2.05, 4.69) is 10.1 Å². The summed E-state index contributed by atoms with van der Waals surface area (Å²) in [6.07, 6.45) is 0. The maximum atomic E-state index is 14.4. The molecule has 5 heteroatoms. The molecule has 0 aromatic heterocycles. The highest BCUT2D eigenvalue weighted by atomic mass is 31.2. The molecule has 0 saturated heterocycles. The minimum atomic E-state index is -3.06. The Balaban J connectivity index is 2.75. The number of benzene rings is 2. The van der Waals surface area contributed by atoms with Crippen LogP contribution in [0.3, 0.4) is 0 Å². The Morgan fingerprint density at radius 1 is 1.00 bits per heavy atom. The Morgan fingerprint density at radius 2 is 1.42 bits per heavy atom. The second-order valence-electron chi connectivity index (χ2n) is 5.67. The molecule has 0 heterocycles. The van der Waals surface area contributed by atoms with Crippen molar-refractivity contribution in [1.82, 2.24) is 4.90 Å². The lowest BCUT2D eigenvalue weighted by Gasteiger charge is -2.36. The number of hydrogen-bond donors (Lipinski definition) is 1. The Bertz CT molecular complexity index is 669. The third-order valence-electron chi connectivity index (χ3n) is 4.31. The van der Waals surface area contributed by atoms with Gasteiger partial charge in [-0.1, -0.05) is 79.7 Å². The maximum Gasteiger partial charge on any atom is 0.165 e. The van der Waals surface area contributed by atoms with E-state index in [4.69, 9.17) is 0 Å². The van der Waals surface area contributed by atoms with Crippen LogP contribution in [0.1, 0.15) is 20.8 Å². The molecular weight excluding hydrogens is 319 g/mol. The lowest BCUT2D eigenvalue weighted by molar-refractivity contribution is 0.291. The van der Waals surface area contributed by atoms with Gasteiger partial charge in [0.1, 0.15) is 5.78 Å². The zero-order chi connectivity index (χ0) is 17.6. The van der Waals surface area contributed by atoms with E-state index in [0.29, 0.717) is 5.71 Å². The molecule has 0 fully saturated rings. The summed E-state index contributed by atoms with van der Waals surface area (Å²) >= 11 is 0. The first kappa shape index (κ1) is 18.4. The van der Waals surface area contributed by atoms with Gasteiger partial charge in [-0.05, 0) is 20.0 Å². The summed E-state index contributed by atoms with van der Waals surface area (Å²) in [4.78, 5) is 2.09. The predicted octanol–water partition coefficient (Wildman–Crippen LogP) is 3.52. The summed E-state index contributed by atoms with van der Waals surface area (Å²) in [5, 5.41) is 14.4. The van der Waals surface area contributed by atoms with Gasteiger partial charge in [-0.15, -0.1) is 0 Å². The van der Waals surface area contributed by atoms with Crippen molar-refractivity contribution in [2.75, 3.05) is 13.1 Å². The van der Waals surface area contributed by atoms with Crippen LogP contribution in [0.25, 0.3) is 0 Å². The van der Waals surface area contributed by atoms with Crippen LogP contribution in [-0.2, 0) is 4.57 Å². The van der Waals surface area contributed by atoms with Crippen molar-refractivity contribution in [2.45, 2.75) is 26.6 Å². The molecule has 0 bridgehead atoms. The molecule has 1 N–H and O–H groups in total. The minimum absolute atomic E-state index is 0.467. The fraction of sp³-hybridized carbons (Fsp3) is 0.316. The van der Waals surface area contributed by atoms with Crippen LogP contribution in [0.2, 0.25) is 0 Å². The van der Waals surface area contributed by atoms with Gasteiger partial charge in [-0.2, -0.15) is 0 Å². The molecule has 0 saturated carbocycles. The van der Waals surface area contributed by atoms with Crippen LogP contribution in [0, 0.1) is 0 Å². The van der Waals surface area contributed by atoms with Gasteiger partial charge in [0.2, 0.25) is 0 Å². The second kappa shape index (κ2) is 8.27. The molecule has 2 aromatic rings. The summed E-state index contributed by atoms with van der Waals surface area (Å²) in [6, 6.07) is 19.0. The SMILES string of the molecule is CCN(CC)C(/C(C)=N/O)P(=O)(c1ccccc1)c1ccccc1. The molecule has 1 atom stereocenters. The van der Waals surface area contributed by atoms with Gasteiger partial charge in [0.25, 0.3) is 0 Å². The van der Waals surface area contributed by atoms with E-state index < -0.39 is 12.9 Å². The van der Waals surface area contributed by atoms with E-state index in [1.165, 1.54) is 0 Å². The fourth-order valence-corrected chi connectivity index (χ4v) is 6.57. The van der Waals surface area contributed by atoms with Crippen molar-refractivity contribution < 1.29 is 9.77 Å². The molecule has 4 nitrogen and oxygen atoms in total. The smallest absolute Gasteiger partial charge is 0.165 e. The normalized spacial score (nSPS) is 13.9. The highest BCUT2D eigenvalue weighted by Crippen LogP contribution is 2.50. The monoisotopic (exact) mass is 344 g/mol. The highest BCUT2D eigenvalue weighted by molar-refractivity contribution is 7.80. The van der Waals surface area contributed by atoms with E-state index in [-0.39, 0.29) is 0 Å². The summed E-state index contributed by atoms with van der Waals surface area (Å²) in [7, 11) is -3.06. The van der Waals surface area contributed by atoms with Crippen molar-refractivity contribution in [3.8, 4) is 0 Å². The maximum absolute atomic E-state index is 14.4. The summed E-state index contributed by atoms with van der Waals surface area (Å²) in [6.45, 7) is 7.24. The summed E-state index contributed by atoms with van der Waals surface area (Å²) in [5.41, 5.74) is 0.467. The standard InChI is InChI=1S/C19H25N2O2P/c1-4-21(5-2)19(16(3)20-22)24(23,17-12-8-6-9-13-17)18-14-10-7-11-15-18/h6-15,19,22H,4-5H2,1-3H3/b20-16+. The lowest BCUT2D eigenvalue weighted by atomic mass is 10.3. The van der Waals surface area contributed by atoms with Crippen molar-refractivity contribution in [1.29, 1.82) is 0 Å². The Kier molecular flexibility index (Phi) is 6.36. The molecule has 2 aromatic carbocycles. The first-order chi connectivity index (χ1) is 11.6. The van der Waals surface area contributed by atoms with Crippen LogP contribution in [0.5, 0.6) is 0 Å². The third-order valence-corrected chi connectivity index (χ3v) is 7.83. The van der Waals surface area contributed by atoms with Gasteiger partial charge in [0.15, 0.2) is 7.14 Å². The van der Waals surface area contributed by atoms with Crippen LogP contribution in [0.15, 0.2) is 65.8 Å². The van der Waals surface area contributed by atoms with E-state index in [9.17, 15) is 9.77 Å². The van der Waals surface area contributed by atoms with Gasteiger partial charge in [0, 0.05) is 10.6 Å². The van der Waals surface area contributed by atoms with Crippen molar-refractivity contribution in [2.24, 2.45) is 5.16 Å². The average molecular weight is 344 g/mol. The minimum Gasteiger partial charge on any atom is -0.411 e. The summed E-state index contributed by atoms with van der Waals surface area (Å²) < 4.78 is 14.4. The zero-order valence-electron chi connectivity index (χ0n) is 14.5. The Hall–Kier alpha value is -1.90. The van der Waals surface area contributed by atoms with Crippen LogP contribution in [-0.4, -0.2) is 34.7 Å². The zero-order valence-corrected chi connectivity index (χ0v) is 15.4. The van der Waals surface area contributed by atoms with E-state index in [1.807, 2.05) is 74.5 Å². The lowest BCUT2D eigenvalue weighted by Crippen LogP contribution is -2.44. The third kappa shape index (κ3) is 3.45. The van der Waals surface area contributed by atoms with Crippen molar-refractivity contribution in [3.63, 3.8) is 0 Å². The largest absolute Gasteiger partial charge is 0.411 e. The van der Waals surface area contributed by atoms with Gasteiger partial charge in [0.05, 0.1) is 5.71 Å². The molecule has 128 valence electrons. The molecule has 1 unspecified atom stereocenters. The molecular formula is C19H25N2O2P. The van der Waals surface area contributed by atoms with Gasteiger partial charge < -0.3 is 9.77 Å². The van der Waals surface area contributed by atoms with Crippen LogP contribution >= 0.6 is 7.14 Å². The summed E-state index contributed by atoms with van der Waals surface area (Å²) in [5.74, 6) is -0.470. The molecule has 2 rings (SSSR count). The highest BCUT2D eigenvalue weighted by Gasteiger charge is 2.41. The average Bonchev–Trinajstić information content (AvgIpc) is 2.66. The molecule has 0 aliphatic rings. The quantitative estimate of drug-likeness (QED) is 0.362. The van der Waals surface area contributed by atoms with E-state index >= 15 is 0 Å². The number of nitrogens with zero attached hydrogens (tertiary/aromatic N) is 2. The number of oxime groups is 1. The molecule has 0 radical (unpaired) electrons. The Morgan fingerprint density at radius 3 is 1.75 bits per heavy atom. The van der Waals surface area contributed by atoms with Crippen LogP contribution in [0.4, 0.5) is 0 Å². The molecule has 0 amide bonds. The predicted molar refractivity (Wildman–Crippen MR) is 101 cm³/mol. The number of rotatable bonds is 7. The number of hydrogen-bond acceptors (Lipinski definition) is 4. The molecule has 0 spiro atoms. The molecule has 24 heavy (non-hydrogen) atoms.